The van der Waals surface area contributed by atoms with E-state index in [1.54, 1.807) is 0 Å². The average molecular weight is 182 g/mol. The van der Waals surface area contributed by atoms with Gasteiger partial charge in [0.2, 0.25) is 0 Å². The first-order valence-electron chi connectivity index (χ1n) is 4.58. The lowest BCUT2D eigenvalue weighted by molar-refractivity contribution is 0.293. The fourth-order valence-corrected chi connectivity index (χ4v) is 1.70. The van der Waals surface area contributed by atoms with Gasteiger partial charge in [-0.05, 0) is 6.42 Å². The van der Waals surface area contributed by atoms with Crippen molar-refractivity contribution in [2.24, 2.45) is 5.73 Å². The van der Waals surface area contributed by atoms with Crippen molar-refractivity contribution in [2.45, 2.75) is 31.8 Å². The Morgan fingerprint density at radius 2 is 2.38 bits per heavy atom. The molecule has 0 radical (unpaired) electrons. The summed E-state index contributed by atoms with van der Waals surface area (Å²) in [4.78, 5) is 0. The summed E-state index contributed by atoms with van der Waals surface area (Å²) in [6, 6.07) is 0.221. The molecule has 0 amide bonds. The number of rotatable bonds is 2. The van der Waals surface area contributed by atoms with Crippen molar-refractivity contribution in [3.8, 4) is 0 Å². The molecule has 72 valence electrons. The normalized spacial score (nSPS) is 21.5. The van der Waals surface area contributed by atoms with Gasteiger partial charge >= 0.3 is 0 Å². The van der Waals surface area contributed by atoms with Gasteiger partial charge in [-0.3, -0.25) is 0 Å². The molecule has 1 aliphatic heterocycles. The summed E-state index contributed by atoms with van der Waals surface area (Å²) in [7, 11) is 0. The first kappa shape index (κ1) is 8.65. The topological polar surface area (TPSA) is 77.0 Å². The van der Waals surface area contributed by atoms with Crippen molar-refractivity contribution >= 4 is 0 Å². The predicted octanol–water partition coefficient (Wildman–Crippen LogP) is -0.914. The summed E-state index contributed by atoms with van der Waals surface area (Å²) in [6.07, 6.45) is 2.37. The maximum Gasteiger partial charge on any atom is 0.135 e. The molecule has 0 aromatic carbocycles. The number of aliphatic hydroxyl groups excluding tert-OH is 1. The maximum absolute atomic E-state index is 8.79. The van der Waals surface area contributed by atoms with Gasteiger partial charge < -0.3 is 15.4 Å². The lowest BCUT2D eigenvalue weighted by Crippen LogP contribution is -2.31. The number of nitrogens with two attached hydrogens (primary N) is 1. The van der Waals surface area contributed by atoms with Gasteiger partial charge in [-0.15, -0.1) is 10.2 Å². The monoisotopic (exact) mass is 182 g/mol. The standard InChI is InChI=1S/C8H14N4O/c9-6-1-3-12-7(2-4-13)10-11-8(12)5-6/h6,13H,1-5,9H2. The van der Waals surface area contributed by atoms with Crippen LogP contribution in [0.5, 0.6) is 0 Å². The van der Waals surface area contributed by atoms with Gasteiger partial charge in [-0.25, -0.2) is 0 Å². The molecular formula is C8H14N4O. The zero-order valence-corrected chi connectivity index (χ0v) is 7.48. The second-order valence-electron chi connectivity index (χ2n) is 3.41. The van der Waals surface area contributed by atoms with Crippen LogP contribution in [-0.2, 0) is 19.4 Å². The molecule has 1 aromatic heterocycles. The highest BCUT2D eigenvalue weighted by Crippen LogP contribution is 2.13. The Hall–Kier alpha value is -0.940. The van der Waals surface area contributed by atoms with E-state index >= 15 is 0 Å². The van der Waals surface area contributed by atoms with Crippen LogP contribution in [0.25, 0.3) is 0 Å². The molecular weight excluding hydrogens is 168 g/mol. The minimum Gasteiger partial charge on any atom is -0.396 e. The maximum atomic E-state index is 8.79. The van der Waals surface area contributed by atoms with Crippen molar-refractivity contribution in [3.05, 3.63) is 11.6 Å². The Morgan fingerprint density at radius 1 is 1.54 bits per heavy atom. The summed E-state index contributed by atoms with van der Waals surface area (Å²) in [5, 5.41) is 16.9. The fourth-order valence-electron chi connectivity index (χ4n) is 1.70. The van der Waals surface area contributed by atoms with Crippen LogP contribution in [0.15, 0.2) is 0 Å². The van der Waals surface area contributed by atoms with Crippen LogP contribution in [0.1, 0.15) is 18.1 Å². The molecule has 0 spiro atoms. The van der Waals surface area contributed by atoms with Gasteiger partial charge in [0.05, 0.1) is 6.61 Å². The lowest BCUT2D eigenvalue weighted by Gasteiger charge is -2.19. The molecule has 0 fully saturated rings. The van der Waals surface area contributed by atoms with Crippen LogP contribution in [0, 0.1) is 0 Å². The first-order valence-corrected chi connectivity index (χ1v) is 4.58. The Morgan fingerprint density at radius 3 is 3.15 bits per heavy atom. The molecule has 1 aliphatic rings. The molecule has 5 nitrogen and oxygen atoms in total. The van der Waals surface area contributed by atoms with E-state index in [-0.39, 0.29) is 12.6 Å². The van der Waals surface area contributed by atoms with E-state index in [2.05, 4.69) is 14.8 Å². The zero-order valence-electron chi connectivity index (χ0n) is 7.48. The van der Waals surface area contributed by atoms with Crippen molar-refractivity contribution in [2.75, 3.05) is 6.61 Å². The third-order valence-corrected chi connectivity index (χ3v) is 2.41. The highest BCUT2D eigenvalue weighted by molar-refractivity contribution is 5.01. The largest absolute Gasteiger partial charge is 0.396 e. The van der Waals surface area contributed by atoms with Crippen LogP contribution in [0.2, 0.25) is 0 Å². The minimum atomic E-state index is 0.129. The molecule has 0 aliphatic carbocycles. The second-order valence-corrected chi connectivity index (χ2v) is 3.41. The number of aromatic nitrogens is 3. The second kappa shape index (κ2) is 3.43. The quantitative estimate of drug-likeness (QED) is 0.620. The van der Waals surface area contributed by atoms with Crippen molar-refractivity contribution in [1.82, 2.24) is 14.8 Å². The van der Waals surface area contributed by atoms with Crippen LogP contribution < -0.4 is 5.73 Å². The molecule has 0 bridgehead atoms. The summed E-state index contributed by atoms with van der Waals surface area (Å²) < 4.78 is 2.07. The highest BCUT2D eigenvalue weighted by atomic mass is 16.3. The van der Waals surface area contributed by atoms with E-state index < -0.39 is 0 Å². The van der Waals surface area contributed by atoms with Gasteiger partial charge in [0.15, 0.2) is 0 Å². The van der Waals surface area contributed by atoms with Gasteiger partial charge in [-0.2, -0.15) is 0 Å². The molecule has 0 saturated carbocycles. The summed E-state index contributed by atoms with van der Waals surface area (Å²) in [6.45, 7) is 1.02. The van der Waals surface area contributed by atoms with Gasteiger partial charge in [0, 0.05) is 25.4 Å². The number of hydrogen-bond donors (Lipinski definition) is 2. The molecule has 5 heteroatoms. The van der Waals surface area contributed by atoms with Gasteiger partial charge in [0.1, 0.15) is 11.6 Å². The Kier molecular flexibility index (Phi) is 2.28. The van der Waals surface area contributed by atoms with E-state index in [1.807, 2.05) is 0 Å². The number of nitrogens with zero attached hydrogens (tertiary/aromatic N) is 3. The molecule has 3 N–H and O–H groups in total. The van der Waals surface area contributed by atoms with E-state index in [0.717, 1.165) is 31.0 Å². The van der Waals surface area contributed by atoms with E-state index in [1.165, 1.54) is 0 Å². The summed E-state index contributed by atoms with van der Waals surface area (Å²) >= 11 is 0. The smallest absolute Gasteiger partial charge is 0.135 e. The van der Waals surface area contributed by atoms with Gasteiger partial charge in [-0.1, -0.05) is 0 Å². The number of aliphatic hydroxyl groups is 1. The number of hydrogen-bond acceptors (Lipinski definition) is 4. The Balaban J connectivity index is 2.23. The molecule has 1 atom stereocenters. The molecule has 1 aromatic rings. The first-order chi connectivity index (χ1) is 6.31. The molecule has 13 heavy (non-hydrogen) atoms. The van der Waals surface area contributed by atoms with Crippen molar-refractivity contribution < 1.29 is 5.11 Å². The van der Waals surface area contributed by atoms with Crippen LogP contribution in [0.3, 0.4) is 0 Å². The molecule has 0 saturated heterocycles. The lowest BCUT2D eigenvalue weighted by atomic mass is 10.1. The molecule has 2 rings (SSSR count). The highest BCUT2D eigenvalue weighted by Gasteiger charge is 2.19. The molecule has 1 unspecified atom stereocenters. The summed E-state index contributed by atoms with van der Waals surface area (Å²) in [5.74, 6) is 1.84. The van der Waals surface area contributed by atoms with E-state index in [0.29, 0.717) is 6.42 Å². The Bertz CT molecular complexity index is 283. The average Bonchev–Trinajstić information content (AvgIpc) is 2.49. The van der Waals surface area contributed by atoms with Crippen molar-refractivity contribution in [1.29, 1.82) is 0 Å². The summed E-state index contributed by atoms with van der Waals surface area (Å²) in [5.41, 5.74) is 5.80. The SMILES string of the molecule is NC1CCn2c(CCO)nnc2C1. The minimum absolute atomic E-state index is 0.129. The number of fused-ring (bicyclic) bond motifs is 1. The Labute approximate surface area is 76.6 Å². The molecule has 2 heterocycles. The van der Waals surface area contributed by atoms with Crippen LogP contribution in [-0.4, -0.2) is 32.5 Å². The van der Waals surface area contributed by atoms with Gasteiger partial charge in [0.25, 0.3) is 0 Å². The van der Waals surface area contributed by atoms with Crippen molar-refractivity contribution in [3.63, 3.8) is 0 Å². The van der Waals surface area contributed by atoms with Crippen LogP contribution >= 0.6 is 0 Å². The fraction of sp³-hybridized carbons (Fsp3) is 0.750. The third kappa shape index (κ3) is 1.57. The predicted molar refractivity (Wildman–Crippen MR) is 47.1 cm³/mol. The zero-order chi connectivity index (χ0) is 9.26. The van der Waals surface area contributed by atoms with E-state index in [9.17, 15) is 0 Å². The van der Waals surface area contributed by atoms with E-state index in [4.69, 9.17) is 10.8 Å². The third-order valence-electron chi connectivity index (χ3n) is 2.41. The van der Waals surface area contributed by atoms with Crippen LogP contribution in [0.4, 0.5) is 0 Å².